The summed E-state index contributed by atoms with van der Waals surface area (Å²) in [5, 5.41) is 12.4. The molecule has 1 aliphatic carbocycles. The normalized spacial score (nSPS) is 13.7. The van der Waals surface area contributed by atoms with Gasteiger partial charge in [-0.05, 0) is 48.6 Å². The lowest BCUT2D eigenvalue weighted by molar-refractivity contribution is 0.613. The van der Waals surface area contributed by atoms with Crippen LogP contribution in [0.15, 0.2) is 41.1 Å². The van der Waals surface area contributed by atoms with E-state index in [1.165, 1.54) is 30.4 Å². The van der Waals surface area contributed by atoms with Crippen LogP contribution in [0.3, 0.4) is 0 Å². The van der Waals surface area contributed by atoms with Crippen LogP contribution in [0.4, 0.5) is 11.5 Å². The van der Waals surface area contributed by atoms with E-state index >= 15 is 0 Å². The highest BCUT2D eigenvalue weighted by molar-refractivity contribution is 5.89. The van der Waals surface area contributed by atoms with E-state index in [0.29, 0.717) is 0 Å². The van der Waals surface area contributed by atoms with E-state index in [4.69, 9.17) is 4.42 Å². The highest BCUT2D eigenvalue weighted by atomic mass is 16.3. The third-order valence-corrected chi connectivity index (χ3v) is 3.64. The van der Waals surface area contributed by atoms with E-state index in [2.05, 4.69) is 33.7 Å². The molecule has 0 fully saturated rings. The zero-order valence-corrected chi connectivity index (χ0v) is 10.4. The molecule has 0 bridgehead atoms. The third kappa shape index (κ3) is 1.76. The molecule has 0 spiro atoms. The summed E-state index contributed by atoms with van der Waals surface area (Å²) < 4.78 is 5.33. The van der Waals surface area contributed by atoms with Gasteiger partial charge in [-0.15, -0.1) is 5.10 Å². The van der Waals surface area contributed by atoms with Gasteiger partial charge in [0.05, 0.1) is 17.8 Å². The van der Waals surface area contributed by atoms with Crippen molar-refractivity contribution in [3.63, 3.8) is 0 Å². The summed E-state index contributed by atoms with van der Waals surface area (Å²) >= 11 is 0. The van der Waals surface area contributed by atoms with Crippen LogP contribution in [0.1, 0.15) is 17.5 Å². The minimum Gasteiger partial charge on any atom is -0.463 e. The number of anilines is 2. The second-order valence-corrected chi connectivity index (χ2v) is 4.85. The predicted molar refractivity (Wildman–Crippen MR) is 73.6 cm³/mol. The predicted octanol–water partition coefficient (Wildman–Crippen LogP) is 3.46. The van der Waals surface area contributed by atoms with Crippen molar-refractivity contribution in [3.8, 4) is 0 Å². The fraction of sp³-hybridized carbons (Fsp3) is 0.200. The van der Waals surface area contributed by atoms with Crippen molar-refractivity contribution in [2.45, 2.75) is 19.3 Å². The van der Waals surface area contributed by atoms with Crippen LogP contribution in [-0.4, -0.2) is 10.2 Å². The molecule has 19 heavy (non-hydrogen) atoms. The SMILES string of the molecule is c1cc2c(Nc3ccc4c(c3)CCC4)nncc2o1. The molecule has 0 saturated heterocycles. The van der Waals surface area contributed by atoms with E-state index in [-0.39, 0.29) is 0 Å². The first-order valence-electron chi connectivity index (χ1n) is 6.48. The van der Waals surface area contributed by atoms with Crippen LogP contribution in [0.5, 0.6) is 0 Å². The Morgan fingerprint density at radius 1 is 1.11 bits per heavy atom. The van der Waals surface area contributed by atoms with Gasteiger partial charge in [-0.2, -0.15) is 5.10 Å². The molecule has 1 N–H and O–H groups in total. The van der Waals surface area contributed by atoms with Crippen molar-refractivity contribution in [1.82, 2.24) is 10.2 Å². The highest BCUT2D eigenvalue weighted by Crippen LogP contribution is 2.28. The van der Waals surface area contributed by atoms with Crippen LogP contribution < -0.4 is 5.32 Å². The van der Waals surface area contributed by atoms with Crippen molar-refractivity contribution in [2.24, 2.45) is 0 Å². The summed E-state index contributed by atoms with van der Waals surface area (Å²) in [6, 6.07) is 8.42. The Labute approximate surface area is 110 Å². The minimum absolute atomic E-state index is 0.740. The number of fused-ring (bicyclic) bond motifs is 2. The van der Waals surface area contributed by atoms with Crippen molar-refractivity contribution in [3.05, 3.63) is 47.9 Å². The Hall–Kier alpha value is -2.36. The van der Waals surface area contributed by atoms with Gasteiger partial charge >= 0.3 is 0 Å². The molecule has 1 aromatic carbocycles. The van der Waals surface area contributed by atoms with Gasteiger partial charge in [0, 0.05) is 5.69 Å². The average molecular weight is 251 g/mol. The van der Waals surface area contributed by atoms with E-state index in [1.54, 1.807) is 12.5 Å². The zero-order valence-electron chi connectivity index (χ0n) is 10.4. The first kappa shape index (κ1) is 10.6. The van der Waals surface area contributed by atoms with E-state index in [1.807, 2.05) is 6.07 Å². The van der Waals surface area contributed by atoms with Crippen LogP contribution in [0.25, 0.3) is 11.0 Å². The van der Waals surface area contributed by atoms with Crippen LogP contribution in [0, 0.1) is 0 Å². The Morgan fingerprint density at radius 3 is 3.05 bits per heavy atom. The smallest absolute Gasteiger partial charge is 0.164 e. The van der Waals surface area contributed by atoms with Gasteiger partial charge in [-0.25, -0.2) is 0 Å². The Bertz CT molecular complexity index is 748. The van der Waals surface area contributed by atoms with E-state index in [0.717, 1.165) is 22.5 Å². The lowest BCUT2D eigenvalue weighted by atomic mass is 10.1. The molecule has 0 unspecified atom stereocenters. The molecule has 4 nitrogen and oxygen atoms in total. The van der Waals surface area contributed by atoms with Gasteiger partial charge < -0.3 is 9.73 Å². The first-order valence-corrected chi connectivity index (χ1v) is 6.48. The van der Waals surface area contributed by atoms with Crippen molar-refractivity contribution in [1.29, 1.82) is 0 Å². The summed E-state index contributed by atoms with van der Waals surface area (Å²) in [6.45, 7) is 0. The number of hydrogen-bond donors (Lipinski definition) is 1. The first-order chi connectivity index (χ1) is 9.40. The van der Waals surface area contributed by atoms with Gasteiger partial charge in [0.15, 0.2) is 11.4 Å². The third-order valence-electron chi connectivity index (χ3n) is 3.64. The molecule has 0 saturated carbocycles. The summed E-state index contributed by atoms with van der Waals surface area (Å²) in [4.78, 5) is 0. The van der Waals surface area contributed by atoms with Crippen molar-refractivity contribution >= 4 is 22.5 Å². The minimum atomic E-state index is 0.740. The number of hydrogen-bond acceptors (Lipinski definition) is 4. The molecule has 4 rings (SSSR count). The maximum Gasteiger partial charge on any atom is 0.164 e. The second-order valence-electron chi connectivity index (χ2n) is 4.85. The summed E-state index contributed by atoms with van der Waals surface area (Å²) in [7, 11) is 0. The molecule has 0 atom stereocenters. The average Bonchev–Trinajstić information content (AvgIpc) is 3.06. The van der Waals surface area contributed by atoms with Crippen LogP contribution >= 0.6 is 0 Å². The van der Waals surface area contributed by atoms with Gasteiger partial charge in [0.2, 0.25) is 0 Å². The monoisotopic (exact) mass is 251 g/mol. The van der Waals surface area contributed by atoms with E-state index in [9.17, 15) is 0 Å². The molecule has 0 amide bonds. The van der Waals surface area contributed by atoms with Crippen LogP contribution in [0.2, 0.25) is 0 Å². The van der Waals surface area contributed by atoms with Crippen molar-refractivity contribution in [2.75, 3.05) is 5.32 Å². The van der Waals surface area contributed by atoms with Crippen molar-refractivity contribution < 1.29 is 4.42 Å². The molecule has 2 aromatic heterocycles. The number of nitrogens with zero attached hydrogens (tertiary/aromatic N) is 2. The standard InChI is InChI=1S/C15H13N3O/c1-2-10-4-5-12(8-11(10)3-1)17-15-13-6-7-19-14(13)9-16-18-15/h4-9H,1-3H2,(H,17,18). The number of benzene rings is 1. The lowest BCUT2D eigenvalue weighted by Crippen LogP contribution is -1.96. The summed E-state index contributed by atoms with van der Waals surface area (Å²) in [5.74, 6) is 0.740. The molecular formula is C15H13N3O. The van der Waals surface area contributed by atoms with Gasteiger partial charge in [-0.1, -0.05) is 6.07 Å². The second kappa shape index (κ2) is 4.09. The molecule has 4 heteroatoms. The number of rotatable bonds is 2. The van der Waals surface area contributed by atoms with Crippen LogP contribution in [-0.2, 0) is 12.8 Å². The van der Waals surface area contributed by atoms with E-state index < -0.39 is 0 Å². The zero-order chi connectivity index (χ0) is 12.7. The molecule has 0 aliphatic heterocycles. The number of aromatic nitrogens is 2. The quantitative estimate of drug-likeness (QED) is 0.757. The number of furan rings is 1. The largest absolute Gasteiger partial charge is 0.463 e. The Balaban J connectivity index is 1.73. The summed E-state index contributed by atoms with van der Waals surface area (Å²) in [5.41, 5.74) is 4.72. The lowest BCUT2D eigenvalue weighted by Gasteiger charge is -2.07. The van der Waals surface area contributed by atoms with Gasteiger partial charge in [0.25, 0.3) is 0 Å². The topological polar surface area (TPSA) is 51.0 Å². The molecule has 0 radical (unpaired) electrons. The fourth-order valence-electron chi connectivity index (χ4n) is 2.69. The molecular weight excluding hydrogens is 238 g/mol. The maximum absolute atomic E-state index is 5.33. The fourth-order valence-corrected chi connectivity index (χ4v) is 2.69. The maximum atomic E-state index is 5.33. The molecule has 2 heterocycles. The molecule has 94 valence electrons. The Kier molecular flexibility index (Phi) is 2.27. The molecule has 3 aromatic rings. The number of nitrogens with one attached hydrogen (secondary N) is 1. The Morgan fingerprint density at radius 2 is 2.05 bits per heavy atom. The van der Waals surface area contributed by atoms with Gasteiger partial charge in [0.1, 0.15) is 0 Å². The van der Waals surface area contributed by atoms with Gasteiger partial charge in [-0.3, -0.25) is 0 Å². The summed E-state index contributed by atoms with van der Waals surface area (Å²) in [6.07, 6.45) is 6.92. The molecule has 1 aliphatic rings. The highest BCUT2D eigenvalue weighted by Gasteiger charge is 2.12. The number of aryl methyl sites for hydroxylation is 2.